The Morgan fingerprint density at radius 1 is 1.00 bits per heavy atom. The van der Waals surface area contributed by atoms with Crippen LogP contribution in [0.2, 0.25) is 0 Å². The van der Waals surface area contributed by atoms with E-state index >= 15 is 0 Å². The van der Waals surface area contributed by atoms with Crippen molar-refractivity contribution in [1.29, 1.82) is 0 Å². The summed E-state index contributed by atoms with van der Waals surface area (Å²) in [4.78, 5) is 9.46. The van der Waals surface area contributed by atoms with Gasteiger partial charge in [-0.15, -0.1) is 0 Å². The molecule has 0 unspecified atom stereocenters. The van der Waals surface area contributed by atoms with Gasteiger partial charge in [0.2, 0.25) is 0 Å². The Labute approximate surface area is 129 Å². The van der Waals surface area contributed by atoms with E-state index < -0.39 is 0 Å². The number of hydrogen-bond acceptors (Lipinski definition) is 2. The summed E-state index contributed by atoms with van der Waals surface area (Å²) in [7, 11) is 0. The third-order valence-corrected chi connectivity index (χ3v) is 3.96. The van der Waals surface area contributed by atoms with Crippen molar-refractivity contribution in [2.45, 2.75) is 13.5 Å². The molecule has 0 spiro atoms. The minimum absolute atomic E-state index is 0.840. The molecule has 2 aromatic carbocycles. The molecule has 3 nitrogen and oxygen atoms in total. The predicted molar refractivity (Wildman–Crippen MR) is 88.1 cm³/mol. The van der Waals surface area contributed by atoms with E-state index in [1.165, 1.54) is 5.56 Å². The Bertz CT molecular complexity index is 919. The maximum Gasteiger partial charge on any atom is 0.155 e. The standard InChI is InChI=1S/C19H17N3/c1-14-7-9-15(10-8-14)13-17-19-20-11-12-22(19)18(21-17)16-5-3-2-4-6-16/h2-10,13H,11-12H2,1H3/b17-13-. The van der Waals surface area contributed by atoms with Crippen LogP contribution in [0.15, 0.2) is 59.6 Å². The molecule has 0 saturated heterocycles. The lowest BCUT2D eigenvalue weighted by molar-refractivity contribution is 0.767. The van der Waals surface area contributed by atoms with Gasteiger partial charge in [-0.2, -0.15) is 0 Å². The van der Waals surface area contributed by atoms with Crippen LogP contribution in [-0.4, -0.2) is 16.1 Å². The third kappa shape index (κ3) is 2.25. The molecule has 0 atom stereocenters. The second-order valence-electron chi connectivity index (χ2n) is 5.60. The van der Waals surface area contributed by atoms with Gasteiger partial charge in [0.25, 0.3) is 0 Å². The van der Waals surface area contributed by atoms with Crippen LogP contribution < -0.4 is 10.8 Å². The molecule has 3 heteroatoms. The van der Waals surface area contributed by atoms with Crippen LogP contribution in [0.5, 0.6) is 0 Å². The average molecular weight is 287 g/mol. The second-order valence-corrected chi connectivity index (χ2v) is 5.60. The van der Waals surface area contributed by atoms with E-state index in [-0.39, 0.29) is 0 Å². The first-order chi connectivity index (χ1) is 10.8. The Balaban J connectivity index is 1.90. The minimum atomic E-state index is 0.840. The van der Waals surface area contributed by atoms with E-state index in [1.54, 1.807) is 0 Å². The second kappa shape index (κ2) is 5.26. The van der Waals surface area contributed by atoms with Crippen molar-refractivity contribution in [2.75, 3.05) is 6.54 Å². The summed E-state index contributed by atoms with van der Waals surface area (Å²) in [6, 6.07) is 18.8. The summed E-state index contributed by atoms with van der Waals surface area (Å²) in [6.07, 6.45) is 2.12. The number of fused-ring (bicyclic) bond motifs is 1. The van der Waals surface area contributed by atoms with E-state index in [0.717, 1.165) is 40.9 Å². The first-order valence-electron chi connectivity index (χ1n) is 7.56. The van der Waals surface area contributed by atoms with Gasteiger partial charge >= 0.3 is 0 Å². The molecule has 1 aliphatic heterocycles. The fraction of sp³-hybridized carbons (Fsp3) is 0.158. The normalized spacial score (nSPS) is 14.0. The molecule has 108 valence electrons. The van der Waals surface area contributed by atoms with E-state index in [0.29, 0.717) is 0 Å². The maximum absolute atomic E-state index is 4.83. The summed E-state index contributed by atoms with van der Waals surface area (Å²) in [6.45, 7) is 3.85. The zero-order chi connectivity index (χ0) is 14.9. The molecule has 1 aliphatic rings. The molecule has 0 radical (unpaired) electrons. The third-order valence-electron chi connectivity index (χ3n) is 3.96. The summed E-state index contributed by atoms with van der Waals surface area (Å²) in [5.41, 5.74) is 4.57. The van der Waals surface area contributed by atoms with Crippen LogP contribution in [0.1, 0.15) is 11.1 Å². The lowest BCUT2D eigenvalue weighted by atomic mass is 10.1. The minimum Gasteiger partial charge on any atom is -0.307 e. The Kier molecular flexibility index (Phi) is 3.11. The SMILES string of the molecule is Cc1ccc(/C=c2\nc(-c3ccccc3)n3c2=NCC3)cc1. The smallest absolute Gasteiger partial charge is 0.155 e. The zero-order valence-corrected chi connectivity index (χ0v) is 12.5. The van der Waals surface area contributed by atoms with E-state index in [9.17, 15) is 0 Å². The summed E-state index contributed by atoms with van der Waals surface area (Å²) < 4.78 is 2.22. The fourth-order valence-electron chi connectivity index (χ4n) is 2.82. The van der Waals surface area contributed by atoms with Gasteiger partial charge in [-0.3, -0.25) is 4.99 Å². The van der Waals surface area contributed by atoms with Crippen molar-refractivity contribution in [1.82, 2.24) is 9.55 Å². The van der Waals surface area contributed by atoms with Crippen molar-refractivity contribution in [3.63, 3.8) is 0 Å². The molecule has 0 fully saturated rings. The van der Waals surface area contributed by atoms with Crippen molar-refractivity contribution in [3.05, 3.63) is 76.6 Å². The van der Waals surface area contributed by atoms with E-state index in [1.807, 2.05) is 18.2 Å². The highest BCUT2D eigenvalue weighted by atomic mass is 15.2. The van der Waals surface area contributed by atoms with E-state index in [4.69, 9.17) is 4.98 Å². The molecule has 3 aromatic rings. The quantitative estimate of drug-likeness (QED) is 0.711. The lowest BCUT2D eigenvalue weighted by Crippen LogP contribution is -2.27. The number of rotatable bonds is 2. The highest BCUT2D eigenvalue weighted by molar-refractivity contribution is 5.57. The van der Waals surface area contributed by atoms with Gasteiger partial charge in [0.05, 0.1) is 6.54 Å². The van der Waals surface area contributed by atoms with Crippen molar-refractivity contribution in [3.8, 4) is 11.4 Å². The predicted octanol–water partition coefficient (Wildman–Crippen LogP) is 2.32. The number of imidazole rings is 1. The van der Waals surface area contributed by atoms with Gasteiger partial charge in [-0.1, -0.05) is 60.2 Å². The molecule has 1 aromatic heterocycles. The molecular weight excluding hydrogens is 270 g/mol. The maximum atomic E-state index is 4.83. The van der Waals surface area contributed by atoms with E-state index in [2.05, 4.69) is 59.0 Å². The number of hydrogen-bond donors (Lipinski definition) is 0. The van der Waals surface area contributed by atoms with Gasteiger partial charge in [-0.05, 0) is 18.6 Å². The molecule has 0 amide bonds. The highest BCUT2D eigenvalue weighted by Crippen LogP contribution is 2.15. The van der Waals surface area contributed by atoms with Gasteiger partial charge in [-0.25, -0.2) is 4.98 Å². The molecule has 2 heterocycles. The molecule has 0 aliphatic carbocycles. The summed E-state index contributed by atoms with van der Waals surface area (Å²) in [5.74, 6) is 1.01. The Morgan fingerprint density at radius 3 is 2.55 bits per heavy atom. The molecule has 22 heavy (non-hydrogen) atoms. The highest BCUT2D eigenvalue weighted by Gasteiger charge is 2.14. The average Bonchev–Trinajstić information content (AvgIpc) is 3.14. The Hall–Kier alpha value is -2.68. The molecular formula is C19H17N3. The molecule has 0 saturated carbocycles. The van der Waals surface area contributed by atoms with Gasteiger partial charge < -0.3 is 4.57 Å². The van der Waals surface area contributed by atoms with Crippen LogP contribution in [0.4, 0.5) is 0 Å². The largest absolute Gasteiger partial charge is 0.307 e. The fourth-order valence-corrected chi connectivity index (χ4v) is 2.82. The number of aromatic nitrogens is 2. The molecule has 0 bridgehead atoms. The topological polar surface area (TPSA) is 30.2 Å². The lowest BCUT2D eigenvalue weighted by Gasteiger charge is -2.01. The zero-order valence-electron chi connectivity index (χ0n) is 12.5. The van der Waals surface area contributed by atoms with Crippen molar-refractivity contribution >= 4 is 6.08 Å². The van der Waals surface area contributed by atoms with Gasteiger partial charge in [0, 0.05) is 12.1 Å². The summed E-state index contributed by atoms with van der Waals surface area (Å²) >= 11 is 0. The first kappa shape index (κ1) is 13.0. The number of nitrogens with zero attached hydrogens (tertiary/aromatic N) is 3. The molecule has 0 N–H and O–H groups in total. The number of aryl methyl sites for hydroxylation is 1. The first-order valence-corrected chi connectivity index (χ1v) is 7.56. The van der Waals surface area contributed by atoms with Crippen LogP contribution in [0, 0.1) is 6.92 Å². The van der Waals surface area contributed by atoms with Crippen LogP contribution in [-0.2, 0) is 6.54 Å². The number of benzene rings is 2. The Morgan fingerprint density at radius 2 is 1.77 bits per heavy atom. The van der Waals surface area contributed by atoms with Crippen LogP contribution >= 0.6 is 0 Å². The van der Waals surface area contributed by atoms with Gasteiger partial charge in [0.1, 0.15) is 11.2 Å². The van der Waals surface area contributed by atoms with Crippen molar-refractivity contribution < 1.29 is 0 Å². The van der Waals surface area contributed by atoms with Gasteiger partial charge in [0.15, 0.2) is 5.49 Å². The van der Waals surface area contributed by atoms with Crippen LogP contribution in [0.25, 0.3) is 17.5 Å². The van der Waals surface area contributed by atoms with Crippen LogP contribution in [0.3, 0.4) is 0 Å². The molecule has 4 rings (SSSR count). The van der Waals surface area contributed by atoms with Crippen molar-refractivity contribution in [2.24, 2.45) is 4.99 Å². The summed E-state index contributed by atoms with van der Waals surface area (Å²) in [5, 5.41) is 0.959. The monoisotopic (exact) mass is 287 g/mol.